The Morgan fingerprint density at radius 2 is 1.92 bits per heavy atom. The fourth-order valence-corrected chi connectivity index (χ4v) is 4.03. The van der Waals surface area contributed by atoms with Crippen LogP contribution in [0.2, 0.25) is 0 Å². The molecule has 2 heterocycles. The minimum atomic E-state index is -1.85. The number of alkyl halides is 1. The first kappa shape index (κ1) is 18.8. The third-order valence-corrected chi connectivity index (χ3v) is 5.63. The van der Waals surface area contributed by atoms with E-state index in [0.717, 1.165) is 6.42 Å². The smallest absolute Gasteiger partial charge is 0.187 e. The average molecular weight is 370 g/mol. The van der Waals surface area contributed by atoms with E-state index in [0.29, 0.717) is 0 Å². The molecule has 3 rings (SSSR count). The Labute approximate surface area is 150 Å². The Hall–Kier alpha value is -0.960. The monoisotopic (exact) mass is 370 g/mol. The molecule has 7 unspecified atom stereocenters. The zero-order chi connectivity index (χ0) is 18.0. The third-order valence-electron chi connectivity index (χ3n) is 4.54. The van der Waals surface area contributed by atoms with Crippen molar-refractivity contribution in [3.8, 4) is 0 Å². The molecule has 0 aromatic heterocycles. The van der Waals surface area contributed by atoms with Crippen LogP contribution in [-0.2, 0) is 15.9 Å². The van der Waals surface area contributed by atoms with Crippen LogP contribution in [0.4, 0.5) is 4.39 Å². The van der Waals surface area contributed by atoms with Gasteiger partial charge in [0, 0.05) is 5.25 Å². The molecule has 7 heteroatoms. The molecule has 1 aromatic rings. The zero-order valence-electron chi connectivity index (χ0n) is 13.9. The van der Waals surface area contributed by atoms with Crippen LogP contribution < -0.4 is 0 Å². The number of hydrogen-bond donors (Lipinski definition) is 3. The van der Waals surface area contributed by atoms with Gasteiger partial charge < -0.3 is 24.8 Å². The molecule has 25 heavy (non-hydrogen) atoms. The first-order valence-corrected chi connectivity index (χ1v) is 9.23. The molecule has 0 bridgehead atoms. The topological polar surface area (TPSA) is 79.2 Å². The van der Waals surface area contributed by atoms with E-state index < -0.39 is 37.4 Å². The fraction of sp³-hybridized carbons (Fsp3) is 0.556. The van der Waals surface area contributed by atoms with E-state index in [1.165, 1.54) is 11.1 Å². The van der Waals surface area contributed by atoms with Crippen LogP contribution in [0, 0.1) is 6.92 Å². The van der Waals surface area contributed by atoms with Crippen LogP contribution in [-0.4, -0.2) is 64.1 Å². The normalized spacial score (nSPS) is 38.2. The van der Waals surface area contributed by atoms with Gasteiger partial charge in [0.25, 0.3) is 0 Å². The Bertz CT molecular complexity index is 594. The number of hydrogen-bond acceptors (Lipinski definition) is 6. The minimum Gasteiger partial charge on any atom is -0.394 e. The number of thioether (sulfide) groups is 1. The molecule has 1 aromatic carbocycles. The largest absolute Gasteiger partial charge is 0.394 e. The molecule has 2 aliphatic rings. The van der Waals surface area contributed by atoms with Gasteiger partial charge in [-0.2, -0.15) is 0 Å². The summed E-state index contributed by atoms with van der Waals surface area (Å²) >= 11 is 1.62. The number of ether oxygens (including phenoxy) is 2. The maximum atomic E-state index is 13.8. The first-order chi connectivity index (χ1) is 12.0. The van der Waals surface area contributed by atoms with Gasteiger partial charge in [-0.3, -0.25) is 0 Å². The summed E-state index contributed by atoms with van der Waals surface area (Å²) in [5, 5.41) is 31.0. The lowest BCUT2D eigenvalue weighted by Gasteiger charge is -2.39. The Balaban J connectivity index is 1.64. The van der Waals surface area contributed by atoms with Crippen LogP contribution in [0.5, 0.6) is 0 Å². The zero-order valence-corrected chi connectivity index (χ0v) is 14.7. The average Bonchev–Trinajstić information content (AvgIpc) is 3.04. The maximum absolute atomic E-state index is 13.8. The van der Waals surface area contributed by atoms with Crippen LogP contribution in [0.1, 0.15) is 11.1 Å². The molecule has 0 saturated carbocycles. The lowest BCUT2D eigenvalue weighted by Crippen LogP contribution is -2.58. The predicted molar refractivity (Wildman–Crippen MR) is 92.9 cm³/mol. The summed E-state index contributed by atoms with van der Waals surface area (Å²) in [5.74, 6) is 0. The highest BCUT2D eigenvalue weighted by molar-refractivity contribution is 8.03. The van der Waals surface area contributed by atoms with Gasteiger partial charge in [0.1, 0.15) is 18.3 Å². The molecule has 0 aliphatic carbocycles. The summed E-state index contributed by atoms with van der Waals surface area (Å²) in [6.45, 7) is 1.44. The summed E-state index contributed by atoms with van der Waals surface area (Å²) in [7, 11) is 0. The number of benzene rings is 1. The van der Waals surface area contributed by atoms with Gasteiger partial charge in [-0.05, 0) is 30.4 Å². The lowest BCUT2D eigenvalue weighted by atomic mass is 10.0. The second-order valence-corrected chi connectivity index (χ2v) is 7.59. The van der Waals surface area contributed by atoms with Crippen molar-refractivity contribution in [3.05, 3.63) is 46.9 Å². The first-order valence-electron chi connectivity index (χ1n) is 8.29. The molecule has 138 valence electrons. The molecule has 3 N–H and O–H groups in total. The van der Waals surface area contributed by atoms with Crippen molar-refractivity contribution in [2.75, 3.05) is 6.61 Å². The summed E-state index contributed by atoms with van der Waals surface area (Å²) in [6.07, 6.45) is -5.11. The third kappa shape index (κ3) is 4.24. The highest BCUT2D eigenvalue weighted by Crippen LogP contribution is 2.33. The highest BCUT2D eigenvalue weighted by Gasteiger charge is 2.46. The van der Waals surface area contributed by atoms with Crippen molar-refractivity contribution in [2.45, 2.75) is 55.5 Å². The summed E-state index contributed by atoms with van der Waals surface area (Å²) in [4.78, 5) is 0. The number of aryl methyl sites for hydroxylation is 1. The van der Waals surface area contributed by atoms with E-state index in [1.54, 1.807) is 11.8 Å². The number of aliphatic hydroxyl groups excluding tert-OH is 3. The second kappa shape index (κ2) is 8.16. The number of halogens is 1. The van der Waals surface area contributed by atoms with E-state index in [4.69, 9.17) is 9.47 Å². The Morgan fingerprint density at radius 1 is 1.20 bits per heavy atom. The van der Waals surface area contributed by atoms with Crippen molar-refractivity contribution < 1.29 is 29.2 Å². The van der Waals surface area contributed by atoms with E-state index in [2.05, 4.69) is 24.3 Å². The van der Waals surface area contributed by atoms with Crippen molar-refractivity contribution >= 4 is 11.8 Å². The Kier molecular flexibility index (Phi) is 6.14. The molecule has 1 saturated heterocycles. The molecule has 0 amide bonds. The van der Waals surface area contributed by atoms with Crippen molar-refractivity contribution in [3.63, 3.8) is 0 Å². The minimum absolute atomic E-state index is 0.0892. The quantitative estimate of drug-likeness (QED) is 0.726. The molecule has 0 radical (unpaired) electrons. The lowest BCUT2D eigenvalue weighted by molar-refractivity contribution is -0.297. The van der Waals surface area contributed by atoms with Gasteiger partial charge in [-0.25, -0.2) is 4.39 Å². The van der Waals surface area contributed by atoms with Crippen LogP contribution in [0.25, 0.3) is 0 Å². The summed E-state index contributed by atoms with van der Waals surface area (Å²) in [5.41, 5.74) is 2.36. The second-order valence-electron chi connectivity index (χ2n) is 6.44. The standard InChI is InChI=1S/C18H23FO5S/c1-10-2-4-11(5-3-10)8-14-12(6-7-25-14)23-18-17(22)16(21)15(19)13(9-20)24-18/h2-7,12-18,20-22H,8-9H2,1H3. The van der Waals surface area contributed by atoms with E-state index in [-0.39, 0.29) is 11.4 Å². The molecule has 7 atom stereocenters. The van der Waals surface area contributed by atoms with E-state index in [1.807, 2.05) is 18.4 Å². The molecular weight excluding hydrogens is 347 g/mol. The summed E-state index contributed by atoms with van der Waals surface area (Å²) < 4.78 is 24.9. The fourth-order valence-electron chi connectivity index (χ4n) is 2.99. The maximum Gasteiger partial charge on any atom is 0.187 e. The number of rotatable bonds is 5. The molecule has 5 nitrogen and oxygen atoms in total. The van der Waals surface area contributed by atoms with Crippen molar-refractivity contribution in [2.24, 2.45) is 0 Å². The Morgan fingerprint density at radius 3 is 2.60 bits per heavy atom. The van der Waals surface area contributed by atoms with Crippen LogP contribution in [0.15, 0.2) is 35.7 Å². The van der Waals surface area contributed by atoms with E-state index >= 15 is 0 Å². The van der Waals surface area contributed by atoms with Crippen LogP contribution in [0.3, 0.4) is 0 Å². The van der Waals surface area contributed by atoms with E-state index in [9.17, 15) is 19.7 Å². The van der Waals surface area contributed by atoms with Gasteiger partial charge in [0.15, 0.2) is 12.5 Å². The molecule has 0 spiro atoms. The molecule has 1 fully saturated rings. The van der Waals surface area contributed by atoms with Gasteiger partial charge in [0.05, 0.1) is 12.7 Å². The summed E-state index contributed by atoms with van der Waals surface area (Å²) in [6, 6.07) is 8.23. The molecular formula is C18H23FO5S. The number of aliphatic hydroxyl groups is 3. The van der Waals surface area contributed by atoms with Crippen molar-refractivity contribution in [1.29, 1.82) is 0 Å². The van der Waals surface area contributed by atoms with Crippen LogP contribution >= 0.6 is 11.8 Å². The van der Waals surface area contributed by atoms with Gasteiger partial charge in [-0.15, -0.1) is 11.8 Å². The van der Waals surface area contributed by atoms with Gasteiger partial charge in [0.2, 0.25) is 0 Å². The highest BCUT2D eigenvalue weighted by atomic mass is 32.2. The predicted octanol–water partition coefficient (Wildman–Crippen LogP) is 1.33. The SMILES string of the molecule is Cc1ccc(CC2SC=CC2OC2OC(CO)C(F)C(O)C2O)cc1. The van der Waals surface area contributed by atoms with Crippen molar-refractivity contribution in [1.82, 2.24) is 0 Å². The van der Waals surface area contributed by atoms with Gasteiger partial charge in [-0.1, -0.05) is 29.8 Å². The van der Waals surface area contributed by atoms with Gasteiger partial charge >= 0.3 is 0 Å². The molecule has 2 aliphatic heterocycles.